The van der Waals surface area contributed by atoms with Gasteiger partial charge in [0.1, 0.15) is 5.75 Å². The first-order valence-corrected chi connectivity index (χ1v) is 7.17. The molecule has 0 atom stereocenters. The van der Waals surface area contributed by atoms with E-state index in [4.69, 9.17) is 5.73 Å². The molecule has 9 heteroatoms. The zero-order chi connectivity index (χ0) is 18.0. The third kappa shape index (κ3) is 3.82. The maximum absolute atomic E-state index is 12.2. The van der Waals surface area contributed by atoms with Gasteiger partial charge in [-0.15, -0.1) is 13.2 Å². The van der Waals surface area contributed by atoms with Crippen molar-refractivity contribution in [3.05, 3.63) is 54.2 Å². The average molecular weight is 350 g/mol. The number of nitrogens with zero attached hydrogens (tertiary/aromatic N) is 2. The fourth-order valence-corrected chi connectivity index (χ4v) is 2.45. The Kier molecular flexibility index (Phi) is 4.22. The number of hydrogen-bond donors (Lipinski definition) is 2. The predicted molar refractivity (Wildman–Crippen MR) is 85.0 cm³/mol. The summed E-state index contributed by atoms with van der Waals surface area (Å²) >= 11 is 0. The summed E-state index contributed by atoms with van der Waals surface area (Å²) in [6, 6.07) is 9.80. The Morgan fingerprint density at radius 1 is 1.20 bits per heavy atom. The van der Waals surface area contributed by atoms with Crippen molar-refractivity contribution in [3.8, 4) is 5.75 Å². The molecular weight excluding hydrogens is 337 g/mol. The van der Waals surface area contributed by atoms with E-state index in [0.29, 0.717) is 16.6 Å². The van der Waals surface area contributed by atoms with Crippen LogP contribution in [0.15, 0.2) is 48.7 Å². The fourth-order valence-electron chi connectivity index (χ4n) is 2.45. The van der Waals surface area contributed by atoms with E-state index in [1.165, 1.54) is 29.2 Å². The van der Waals surface area contributed by atoms with Crippen molar-refractivity contribution in [3.63, 3.8) is 0 Å². The number of anilines is 1. The topological polar surface area (TPSA) is 84.2 Å². The number of fused-ring (bicyclic) bond motifs is 1. The van der Waals surface area contributed by atoms with Gasteiger partial charge in [-0.1, -0.05) is 18.2 Å². The van der Waals surface area contributed by atoms with E-state index in [1.54, 1.807) is 24.4 Å². The van der Waals surface area contributed by atoms with Crippen LogP contribution in [-0.4, -0.2) is 22.6 Å². The van der Waals surface area contributed by atoms with Gasteiger partial charge in [0.2, 0.25) is 0 Å². The first-order chi connectivity index (χ1) is 11.8. The van der Waals surface area contributed by atoms with E-state index < -0.39 is 12.4 Å². The number of H-pyrrole nitrogens is 1. The SMILES string of the molecule is NC(=O)N(Cc1ccc(OC(F)(F)F)cc1)c1cccc2[nH]ncc12. The summed E-state index contributed by atoms with van der Waals surface area (Å²) in [5, 5.41) is 7.43. The lowest BCUT2D eigenvalue weighted by molar-refractivity contribution is -0.274. The Morgan fingerprint density at radius 3 is 2.56 bits per heavy atom. The van der Waals surface area contributed by atoms with Crippen molar-refractivity contribution >= 4 is 22.6 Å². The molecule has 1 aromatic heterocycles. The first kappa shape index (κ1) is 16.6. The third-order valence-corrected chi connectivity index (χ3v) is 3.52. The van der Waals surface area contributed by atoms with Crippen molar-refractivity contribution in [2.24, 2.45) is 5.73 Å². The molecule has 3 aromatic rings. The number of carbonyl (C=O) groups is 1. The molecule has 0 aliphatic heterocycles. The summed E-state index contributed by atoms with van der Waals surface area (Å²) in [5.41, 5.74) is 7.35. The number of rotatable bonds is 4. The number of carbonyl (C=O) groups excluding carboxylic acids is 1. The molecule has 0 unspecified atom stereocenters. The highest BCUT2D eigenvalue weighted by Gasteiger charge is 2.31. The van der Waals surface area contributed by atoms with E-state index in [0.717, 1.165) is 5.52 Å². The van der Waals surface area contributed by atoms with Crippen molar-refractivity contribution < 1.29 is 22.7 Å². The number of alkyl halides is 3. The summed E-state index contributed by atoms with van der Waals surface area (Å²) in [6.45, 7) is 0.0892. The highest BCUT2D eigenvalue weighted by atomic mass is 19.4. The lowest BCUT2D eigenvalue weighted by Gasteiger charge is -2.21. The van der Waals surface area contributed by atoms with Crippen LogP contribution in [0.1, 0.15) is 5.56 Å². The standard InChI is InChI=1S/C16H13F3N4O2/c17-16(18,19)25-11-6-4-10(5-7-11)9-23(15(20)24)14-3-1-2-13-12(14)8-21-22-13/h1-8H,9H2,(H2,20,24)(H,21,22). The van der Waals surface area contributed by atoms with Crippen molar-refractivity contribution in [2.45, 2.75) is 12.9 Å². The van der Waals surface area contributed by atoms with Crippen molar-refractivity contribution in [1.29, 1.82) is 0 Å². The Morgan fingerprint density at radius 2 is 1.92 bits per heavy atom. The van der Waals surface area contributed by atoms with Gasteiger partial charge in [0.05, 0.1) is 23.9 Å². The molecule has 0 radical (unpaired) electrons. The largest absolute Gasteiger partial charge is 0.573 e. The van der Waals surface area contributed by atoms with Crippen LogP contribution in [0.3, 0.4) is 0 Å². The molecule has 3 rings (SSSR count). The minimum atomic E-state index is -4.75. The second kappa shape index (κ2) is 6.34. The summed E-state index contributed by atoms with van der Waals surface area (Å²) in [6.07, 6.45) is -3.18. The molecule has 0 fully saturated rings. The van der Waals surface area contributed by atoms with E-state index in [9.17, 15) is 18.0 Å². The van der Waals surface area contributed by atoms with Crippen LogP contribution in [-0.2, 0) is 6.54 Å². The molecule has 2 aromatic carbocycles. The number of primary amides is 1. The van der Waals surface area contributed by atoms with E-state index in [2.05, 4.69) is 14.9 Å². The number of urea groups is 1. The first-order valence-electron chi connectivity index (χ1n) is 7.17. The van der Waals surface area contributed by atoms with Gasteiger partial charge in [0, 0.05) is 5.39 Å². The lowest BCUT2D eigenvalue weighted by Crippen LogP contribution is -2.35. The normalized spacial score (nSPS) is 11.5. The van der Waals surface area contributed by atoms with Crippen LogP contribution in [0, 0.1) is 0 Å². The van der Waals surface area contributed by atoms with Gasteiger partial charge in [0.25, 0.3) is 0 Å². The van der Waals surface area contributed by atoms with Gasteiger partial charge in [-0.05, 0) is 29.8 Å². The molecule has 0 saturated heterocycles. The molecular formula is C16H13F3N4O2. The van der Waals surface area contributed by atoms with Crippen molar-refractivity contribution in [2.75, 3.05) is 4.90 Å². The quantitative estimate of drug-likeness (QED) is 0.755. The van der Waals surface area contributed by atoms with Gasteiger partial charge >= 0.3 is 12.4 Å². The Hall–Kier alpha value is -3.23. The predicted octanol–water partition coefficient (Wildman–Crippen LogP) is 3.55. The molecule has 25 heavy (non-hydrogen) atoms. The minimum Gasteiger partial charge on any atom is -0.406 e. The molecule has 0 aliphatic carbocycles. The number of aromatic nitrogens is 2. The number of hydrogen-bond acceptors (Lipinski definition) is 3. The number of amides is 2. The molecule has 2 amide bonds. The zero-order valence-corrected chi connectivity index (χ0v) is 12.7. The Labute approximate surface area is 140 Å². The number of halogens is 3. The second-order valence-electron chi connectivity index (χ2n) is 5.22. The third-order valence-electron chi connectivity index (χ3n) is 3.52. The van der Waals surface area contributed by atoms with Gasteiger partial charge in [0.15, 0.2) is 0 Å². The molecule has 0 bridgehead atoms. The molecule has 0 aliphatic rings. The maximum atomic E-state index is 12.2. The molecule has 0 saturated carbocycles. The van der Waals surface area contributed by atoms with Gasteiger partial charge in [-0.25, -0.2) is 4.79 Å². The number of nitrogens with one attached hydrogen (secondary N) is 1. The summed E-state index contributed by atoms with van der Waals surface area (Å²) < 4.78 is 40.4. The van der Waals surface area contributed by atoms with E-state index >= 15 is 0 Å². The van der Waals surface area contributed by atoms with Gasteiger partial charge < -0.3 is 10.5 Å². The van der Waals surface area contributed by atoms with Gasteiger partial charge in [-0.2, -0.15) is 5.10 Å². The molecule has 130 valence electrons. The highest BCUT2D eigenvalue weighted by Crippen LogP contribution is 2.27. The van der Waals surface area contributed by atoms with Crippen molar-refractivity contribution in [1.82, 2.24) is 10.2 Å². The average Bonchev–Trinajstić information content (AvgIpc) is 3.01. The summed E-state index contributed by atoms with van der Waals surface area (Å²) in [4.78, 5) is 13.2. The molecule has 1 heterocycles. The minimum absolute atomic E-state index is 0.0892. The van der Waals surface area contributed by atoms with Crippen LogP contribution in [0.2, 0.25) is 0 Å². The van der Waals surface area contributed by atoms with Crippen LogP contribution >= 0.6 is 0 Å². The highest BCUT2D eigenvalue weighted by molar-refractivity contribution is 6.01. The zero-order valence-electron chi connectivity index (χ0n) is 12.7. The Bertz CT molecular complexity index is 890. The molecule has 3 N–H and O–H groups in total. The number of ether oxygens (including phenoxy) is 1. The lowest BCUT2D eigenvalue weighted by atomic mass is 10.1. The van der Waals surface area contributed by atoms with E-state index in [1.807, 2.05) is 0 Å². The summed E-state index contributed by atoms with van der Waals surface area (Å²) in [5.74, 6) is -0.334. The van der Waals surface area contributed by atoms with Crippen LogP contribution in [0.5, 0.6) is 5.75 Å². The summed E-state index contributed by atoms with van der Waals surface area (Å²) in [7, 11) is 0. The fraction of sp³-hybridized carbons (Fsp3) is 0.125. The molecule has 0 spiro atoms. The van der Waals surface area contributed by atoms with Crippen LogP contribution < -0.4 is 15.4 Å². The molecule has 6 nitrogen and oxygen atoms in total. The Balaban J connectivity index is 1.86. The number of aromatic amines is 1. The second-order valence-corrected chi connectivity index (χ2v) is 5.22. The number of nitrogens with two attached hydrogens (primary N) is 1. The smallest absolute Gasteiger partial charge is 0.406 e. The van der Waals surface area contributed by atoms with Crippen LogP contribution in [0.4, 0.5) is 23.7 Å². The monoisotopic (exact) mass is 350 g/mol. The van der Waals surface area contributed by atoms with E-state index in [-0.39, 0.29) is 12.3 Å². The maximum Gasteiger partial charge on any atom is 0.573 e. The van der Waals surface area contributed by atoms with Crippen LogP contribution in [0.25, 0.3) is 10.9 Å². The number of benzene rings is 2. The van der Waals surface area contributed by atoms with Gasteiger partial charge in [-0.3, -0.25) is 10.00 Å².